The maximum absolute atomic E-state index is 14.3. The van der Waals surface area contributed by atoms with E-state index in [9.17, 15) is 29.1 Å². The molecule has 1 heterocycles. The van der Waals surface area contributed by atoms with E-state index in [1.54, 1.807) is 25.7 Å². The van der Waals surface area contributed by atoms with Crippen LogP contribution in [0.1, 0.15) is 65.0 Å². The number of carbonyl (C=O) groups is 5. The van der Waals surface area contributed by atoms with Crippen molar-refractivity contribution in [3.63, 3.8) is 0 Å². The maximum atomic E-state index is 14.3. The number of carboxylic acid groups (broad SMARTS) is 1. The number of amides is 3. The van der Waals surface area contributed by atoms with Gasteiger partial charge < -0.3 is 25.4 Å². The van der Waals surface area contributed by atoms with Crippen LogP contribution in [0.5, 0.6) is 0 Å². The van der Waals surface area contributed by atoms with Crippen molar-refractivity contribution in [3.05, 3.63) is 35.4 Å². The number of ketones is 1. The molecule has 5 rings (SSSR count). The van der Waals surface area contributed by atoms with Crippen LogP contribution in [0, 0.1) is 29.1 Å². The van der Waals surface area contributed by atoms with Crippen LogP contribution in [-0.2, 0) is 36.8 Å². The number of nitrogens with one attached hydrogen (secondary N) is 2. The predicted octanol–water partition coefficient (Wildman–Crippen LogP) is 2.72. The van der Waals surface area contributed by atoms with E-state index in [0.29, 0.717) is 19.4 Å². The first-order chi connectivity index (χ1) is 19.2. The monoisotopic (exact) mass is 567 g/mol. The lowest BCUT2D eigenvalue weighted by atomic mass is 9.93. The summed E-state index contributed by atoms with van der Waals surface area (Å²) in [7, 11) is 0. The molecule has 1 aliphatic heterocycles. The molecule has 0 bridgehead atoms. The van der Waals surface area contributed by atoms with Crippen LogP contribution in [0.4, 0.5) is 4.79 Å². The highest BCUT2D eigenvalue weighted by Crippen LogP contribution is 2.65. The molecule has 1 saturated heterocycles. The third-order valence-electron chi connectivity index (χ3n) is 9.36. The summed E-state index contributed by atoms with van der Waals surface area (Å²) in [4.78, 5) is 66.5. The van der Waals surface area contributed by atoms with E-state index in [4.69, 9.17) is 4.74 Å². The molecule has 3 N–H and O–H groups in total. The minimum absolute atomic E-state index is 0.0854. The Labute approximate surface area is 240 Å². The SMILES string of the molecule is CC(C)(C)OC(=O)N[C@H](C(=O)N1CC2C(C1C(=O)NC(CC1CC1)C(=O)C(=O)O)C2(C)C)C1Cc2ccccc2C1. The van der Waals surface area contributed by atoms with Gasteiger partial charge in [-0.3, -0.25) is 14.4 Å². The van der Waals surface area contributed by atoms with E-state index in [0.717, 1.165) is 24.0 Å². The minimum Gasteiger partial charge on any atom is -0.475 e. The molecule has 1 aromatic carbocycles. The van der Waals surface area contributed by atoms with Crippen molar-refractivity contribution in [1.82, 2.24) is 15.5 Å². The lowest BCUT2D eigenvalue weighted by molar-refractivity contribution is -0.151. The van der Waals surface area contributed by atoms with E-state index < -0.39 is 47.5 Å². The molecular formula is C31H41N3O7. The first-order valence-electron chi connectivity index (χ1n) is 14.6. The quantitative estimate of drug-likeness (QED) is 0.390. The van der Waals surface area contributed by atoms with Gasteiger partial charge in [-0.2, -0.15) is 0 Å². The number of likely N-dealkylation sites (tertiary alicyclic amines) is 1. The molecule has 0 radical (unpaired) electrons. The predicted molar refractivity (Wildman–Crippen MR) is 149 cm³/mol. The summed E-state index contributed by atoms with van der Waals surface area (Å²) in [6, 6.07) is 5.03. The van der Waals surface area contributed by atoms with Gasteiger partial charge in [-0.05, 0) is 80.2 Å². The lowest BCUT2D eigenvalue weighted by Gasteiger charge is -2.35. The van der Waals surface area contributed by atoms with Crippen LogP contribution in [0.25, 0.3) is 0 Å². The second-order valence-corrected chi connectivity index (χ2v) is 13.9. The molecule has 10 nitrogen and oxygen atoms in total. The Morgan fingerprint density at radius 2 is 1.66 bits per heavy atom. The zero-order valence-corrected chi connectivity index (χ0v) is 24.4. The van der Waals surface area contributed by atoms with Crippen LogP contribution < -0.4 is 10.6 Å². The standard InChI is InChI=1S/C31H41N3O7/c1-30(2,3)41-29(40)33-23(19-13-17-8-6-7-9-18(17)14-19)27(37)34-15-20-22(31(20,4)5)24(34)26(36)32-21(12-16-10-11-16)25(35)28(38)39/h6-9,16,19-24H,10-15H2,1-5H3,(H,32,36)(H,33,40)(H,38,39)/t20?,21?,22?,23-,24?/m0/s1. The number of Topliss-reactive ketones (excluding diaryl/α,β-unsaturated/α-hetero) is 1. The summed E-state index contributed by atoms with van der Waals surface area (Å²) in [6.07, 6.45) is 2.57. The van der Waals surface area contributed by atoms with Gasteiger partial charge in [0.15, 0.2) is 0 Å². The van der Waals surface area contributed by atoms with Gasteiger partial charge >= 0.3 is 12.1 Å². The van der Waals surface area contributed by atoms with Crippen molar-refractivity contribution >= 4 is 29.7 Å². The normalized spacial score (nSPS) is 25.9. The molecule has 4 unspecified atom stereocenters. The fourth-order valence-corrected chi connectivity index (χ4v) is 6.96. The Kier molecular flexibility index (Phi) is 7.40. The van der Waals surface area contributed by atoms with Crippen molar-refractivity contribution in [3.8, 4) is 0 Å². The van der Waals surface area contributed by atoms with Gasteiger partial charge in [0.2, 0.25) is 11.8 Å². The molecule has 3 fully saturated rings. The van der Waals surface area contributed by atoms with E-state index in [1.165, 1.54) is 0 Å². The fraction of sp³-hybridized carbons (Fsp3) is 0.645. The second-order valence-electron chi connectivity index (χ2n) is 13.9. The summed E-state index contributed by atoms with van der Waals surface area (Å²) in [5.41, 5.74) is 1.30. The summed E-state index contributed by atoms with van der Waals surface area (Å²) >= 11 is 0. The van der Waals surface area contributed by atoms with Crippen molar-refractivity contribution in [2.45, 2.75) is 90.4 Å². The third-order valence-corrected chi connectivity index (χ3v) is 9.36. The number of alkyl carbamates (subject to hydrolysis) is 1. The molecule has 3 amide bonds. The molecule has 2 saturated carbocycles. The van der Waals surface area contributed by atoms with E-state index in [-0.39, 0.29) is 41.4 Å². The number of ether oxygens (including phenoxy) is 1. The van der Waals surface area contributed by atoms with E-state index in [2.05, 4.69) is 24.5 Å². The molecule has 3 aliphatic carbocycles. The zero-order valence-electron chi connectivity index (χ0n) is 24.4. The highest BCUT2D eigenvalue weighted by Gasteiger charge is 2.70. The highest BCUT2D eigenvalue weighted by atomic mass is 16.6. The van der Waals surface area contributed by atoms with Crippen LogP contribution in [-0.4, -0.2) is 69.9 Å². The number of rotatable bonds is 9. The topological polar surface area (TPSA) is 142 Å². The lowest BCUT2D eigenvalue weighted by Crippen LogP contribution is -2.59. The van der Waals surface area contributed by atoms with Crippen LogP contribution >= 0.6 is 0 Å². The van der Waals surface area contributed by atoms with Crippen LogP contribution in [0.3, 0.4) is 0 Å². The van der Waals surface area contributed by atoms with Gasteiger partial charge in [-0.25, -0.2) is 9.59 Å². The molecule has 4 aliphatic rings. The smallest absolute Gasteiger partial charge is 0.408 e. The number of fused-ring (bicyclic) bond motifs is 2. The van der Waals surface area contributed by atoms with Gasteiger partial charge in [0.1, 0.15) is 17.7 Å². The first-order valence-corrected chi connectivity index (χ1v) is 14.6. The number of hydrogen-bond donors (Lipinski definition) is 3. The second kappa shape index (κ2) is 10.4. The van der Waals surface area contributed by atoms with E-state index >= 15 is 0 Å². The number of aliphatic carboxylic acids is 1. The summed E-state index contributed by atoms with van der Waals surface area (Å²) in [6.45, 7) is 9.71. The van der Waals surface area contributed by atoms with Crippen LogP contribution in [0.15, 0.2) is 24.3 Å². The Bertz CT molecular complexity index is 1240. The molecule has 41 heavy (non-hydrogen) atoms. The molecule has 0 aromatic heterocycles. The Morgan fingerprint density at radius 1 is 1.05 bits per heavy atom. The molecule has 222 valence electrons. The zero-order chi connectivity index (χ0) is 29.9. The highest BCUT2D eigenvalue weighted by molar-refractivity contribution is 6.35. The number of hydrogen-bond acceptors (Lipinski definition) is 6. The van der Waals surface area contributed by atoms with Gasteiger partial charge in [0.05, 0.1) is 6.04 Å². The molecule has 5 atom stereocenters. The summed E-state index contributed by atoms with van der Waals surface area (Å²) in [5.74, 6) is -3.55. The molecule has 0 spiro atoms. The number of carboxylic acids is 1. The first kappa shape index (κ1) is 29.1. The van der Waals surface area contributed by atoms with Gasteiger partial charge in [-0.1, -0.05) is 51.0 Å². The summed E-state index contributed by atoms with van der Waals surface area (Å²) in [5, 5.41) is 14.9. The average molecular weight is 568 g/mol. The minimum atomic E-state index is -1.58. The maximum Gasteiger partial charge on any atom is 0.408 e. The van der Waals surface area contributed by atoms with Gasteiger partial charge in [0, 0.05) is 6.54 Å². The Morgan fingerprint density at radius 3 is 2.20 bits per heavy atom. The Balaban J connectivity index is 1.39. The fourth-order valence-electron chi connectivity index (χ4n) is 6.96. The third kappa shape index (κ3) is 5.97. The van der Waals surface area contributed by atoms with Gasteiger partial charge in [-0.15, -0.1) is 0 Å². The van der Waals surface area contributed by atoms with Crippen molar-refractivity contribution in [1.29, 1.82) is 0 Å². The molecular weight excluding hydrogens is 526 g/mol. The van der Waals surface area contributed by atoms with Crippen molar-refractivity contribution in [2.75, 3.05) is 6.54 Å². The number of carbonyl (C=O) groups excluding carboxylic acids is 4. The Hall–Kier alpha value is -3.43. The number of piperidine rings is 1. The largest absolute Gasteiger partial charge is 0.475 e. The van der Waals surface area contributed by atoms with Crippen molar-refractivity contribution < 1.29 is 33.8 Å². The van der Waals surface area contributed by atoms with Crippen LogP contribution in [0.2, 0.25) is 0 Å². The molecule has 1 aromatic rings. The average Bonchev–Trinajstić information content (AvgIpc) is 3.63. The number of benzene rings is 1. The van der Waals surface area contributed by atoms with Crippen molar-refractivity contribution in [2.24, 2.45) is 29.1 Å². The molecule has 10 heteroatoms. The number of nitrogens with zero attached hydrogens (tertiary/aromatic N) is 1. The van der Waals surface area contributed by atoms with E-state index in [1.807, 2.05) is 24.3 Å². The van der Waals surface area contributed by atoms with Gasteiger partial charge in [0.25, 0.3) is 5.78 Å². The summed E-state index contributed by atoms with van der Waals surface area (Å²) < 4.78 is 5.51.